The molecule has 0 aromatic heterocycles. The first-order valence-corrected chi connectivity index (χ1v) is 8.46. The summed E-state index contributed by atoms with van der Waals surface area (Å²) in [6, 6.07) is 8.52. The summed E-state index contributed by atoms with van der Waals surface area (Å²) in [5, 5.41) is 2.72. The molecule has 1 aliphatic rings. The number of aryl methyl sites for hydroxylation is 1. The van der Waals surface area contributed by atoms with Crippen molar-refractivity contribution in [3.63, 3.8) is 0 Å². The largest absolute Gasteiger partial charge is 0.379 e. The molecule has 0 bridgehead atoms. The van der Waals surface area contributed by atoms with Crippen LogP contribution in [0.5, 0.6) is 0 Å². The van der Waals surface area contributed by atoms with Crippen LogP contribution in [0.25, 0.3) is 11.1 Å². The molecule has 1 fully saturated rings. The fourth-order valence-corrected chi connectivity index (χ4v) is 2.68. The Morgan fingerprint density at radius 1 is 1.16 bits per heavy atom. The van der Waals surface area contributed by atoms with E-state index in [1.807, 2.05) is 0 Å². The summed E-state index contributed by atoms with van der Waals surface area (Å²) in [4.78, 5) is 12.1. The molecule has 2 aromatic rings. The Balaban J connectivity index is 1.61. The van der Waals surface area contributed by atoms with Crippen LogP contribution in [0.3, 0.4) is 0 Å². The van der Waals surface area contributed by atoms with Crippen LogP contribution < -0.4 is 5.32 Å². The third-order valence-corrected chi connectivity index (χ3v) is 4.29. The van der Waals surface area contributed by atoms with Gasteiger partial charge in [-0.2, -0.15) is 0 Å². The quantitative estimate of drug-likeness (QED) is 0.768. The Morgan fingerprint density at radius 2 is 1.92 bits per heavy atom. The molecule has 132 valence electrons. The summed E-state index contributed by atoms with van der Waals surface area (Å²) in [5.74, 6) is -0.516. The molecule has 3 rings (SSSR count). The number of amides is 1. The second kappa shape index (κ2) is 7.74. The lowest BCUT2D eigenvalue weighted by molar-refractivity contribution is 0.0906. The van der Waals surface area contributed by atoms with Crippen LogP contribution >= 0.6 is 0 Å². The van der Waals surface area contributed by atoms with Crippen LogP contribution in [0, 0.1) is 24.5 Å². The Hall–Kier alpha value is -2.27. The summed E-state index contributed by atoms with van der Waals surface area (Å²) < 4.78 is 33.1. The highest BCUT2D eigenvalue weighted by Gasteiger charge is 2.21. The molecule has 1 saturated carbocycles. The summed E-state index contributed by atoms with van der Waals surface area (Å²) in [6.45, 7) is 3.32. The normalized spacial score (nSPS) is 13.7. The molecule has 3 nitrogen and oxygen atoms in total. The van der Waals surface area contributed by atoms with E-state index in [0.717, 1.165) is 6.61 Å². The highest BCUT2D eigenvalue weighted by molar-refractivity contribution is 5.94. The minimum atomic E-state index is -0.507. The average Bonchev–Trinajstić information content (AvgIpc) is 3.39. The zero-order valence-electron chi connectivity index (χ0n) is 14.1. The van der Waals surface area contributed by atoms with E-state index in [0.29, 0.717) is 35.8 Å². The van der Waals surface area contributed by atoms with E-state index in [1.54, 1.807) is 25.1 Å². The molecule has 1 amide bonds. The Labute approximate surface area is 146 Å². The third kappa shape index (κ3) is 4.63. The summed E-state index contributed by atoms with van der Waals surface area (Å²) >= 11 is 0. The van der Waals surface area contributed by atoms with Gasteiger partial charge in [0.15, 0.2) is 0 Å². The van der Waals surface area contributed by atoms with Gasteiger partial charge in [-0.1, -0.05) is 12.1 Å². The number of benzene rings is 2. The van der Waals surface area contributed by atoms with Crippen molar-refractivity contribution in [1.29, 1.82) is 0 Å². The molecule has 25 heavy (non-hydrogen) atoms. The van der Waals surface area contributed by atoms with Gasteiger partial charge < -0.3 is 10.1 Å². The maximum absolute atomic E-state index is 14.4. The number of hydrogen-bond acceptors (Lipinski definition) is 2. The first kappa shape index (κ1) is 17.5. The molecule has 1 N–H and O–H groups in total. The van der Waals surface area contributed by atoms with Crippen LogP contribution in [0.15, 0.2) is 36.4 Å². The molecular weight excluding hydrogens is 324 g/mol. The van der Waals surface area contributed by atoms with Crippen LogP contribution in [0.2, 0.25) is 0 Å². The van der Waals surface area contributed by atoms with Gasteiger partial charge in [0.25, 0.3) is 5.91 Å². The van der Waals surface area contributed by atoms with Crippen LogP contribution in [0.1, 0.15) is 28.8 Å². The first-order valence-electron chi connectivity index (χ1n) is 8.46. The van der Waals surface area contributed by atoms with E-state index >= 15 is 0 Å². The zero-order valence-corrected chi connectivity index (χ0v) is 14.1. The van der Waals surface area contributed by atoms with Gasteiger partial charge in [0.2, 0.25) is 0 Å². The van der Waals surface area contributed by atoms with Gasteiger partial charge >= 0.3 is 0 Å². The van der Waals surface area contributed by atoms with Crippen molar-refractivity contribution in [1.82, 2.24) is 5.32 Å². The van der Waals surface area contributed by atoms with Gasteiger partial charge in [0, 0.05) is 24.3 Å². The van der Waals surface area contributed by atoms with Crippen molar-refractivity contribution in [2.24, 2.45) is 5.92 Å². The molecule has 0 atom stereocenters. The lowest BCUT2D eigenvalue weighted by Gasteiger charge is -2.10. The van der Waals surface area contributed by atoms with Gasteiger partial charge in [-0.15, -0.1) is 0 Å². The molecule has 0 unspecified atom stereocenters. The van der Waals surface area contributed by atoms with Gasteiger partial charge in [0.1, 0.15) is 11.6 Å². The van der Waals surface area contributed by atoms with Gasteiger partial charge in [0.05, 0.1) is 6.61 Å². The average molecular weight is 345 g/mol. The molecule has 0 radical (unpaired) electrons. The van der Waals surface area contributed by atoms with Crippen molar-refractivity contribution in [3.8, 4) is 11.1 Å². The standard InChI is InChI=1S/C20H21F2NO2/c1-13-10-16(21)5-7-17(13)18-6-4-15(11-19(18)22)20(24)23-8-9-25-12-14-2-3-14/h4-7,10-11,14H,2-3,8-9,12H2,1H3,(H,23,24). The first-order chi connectivity index (χ1) is 12.0. The Morgan fingerprint density at radius 3 is 2.60 bits per heavy atom. The van der Waals surface area contributed by atoms with Crippen LogP contribution in [-0.2, 0) is 4.74 Å². The van der Waals surface area contributed by atoms with E-state index in [9.17, 15) is 13.6 Å². The summed E-state index contributed by atoms with van der Waals surface area (Å²) in [5.41, 5.74) is 1.85. The van der Waals surface area contributed by atoms with E-state index in [-0.39, 0.29) is 17.3 Å². The topological polar surface area (TPSA) is 38.3 Å². The highest BCUT2D eigenvalue weighted by Crippen LogP contribution is 2.29. The Bertz CT molecular complexity index is 772. The van der Waals surface area contributed by atoms with Crippen molar-refractivity contribution in [2.45, 2.75) is 19.8 Å². The highest BCUT2D eigenvalue weighted by atomic mass is 19.1. The number of carbonyl (C=O) groups is 1. The van der Waals surface area contributed by atoms with Crippen molar-refractivity contribution < 1.29 is 18.3 Å². The number of nitrogens with one attached hydrogen (secondary N) is 1. The molecule has 0 aliphatic heterocycles. The Kier molecular flexibility index (Phi) is 5.43. The molecule has 0 spiro atoms. The number of carbonyl (C=O) groups excluding carboxylic acids is 1. The monoisotopic (exact) mass is 345 g/mol. The predicted molar refractivity (Wildman–Crippen MR) is 92.4 cm³/mol. The second-order valence-corrected chi connectivity index (χ2v) is 6.43. The number of ether oxygens (including phenoxy) is 1. The molecule has 0 heterocycles. The fourth-order valence-electron chi connectivity index (χ4n) is 2.68. The minimum Gasteiger partial charge on any atom is -0.379 e. The van der Waals surface area contributed by atoms with E-state index in [1.165, 1.54) is 31.0 Å². The second-order valence-electron chi connectivity index (χ2n) is 6.43. The predicted octanol–water partition coefficient (Wildman–Crippen LogP) is 4.10. The van der Waals surface area contributed by atoms with Crippen molar-refractivity contribution in [3.05, 3.63) is 59.2 Å². The smallest absolute Gasteiger partial charge is 0.251 e. The van der Waals surface area contributed by atoms with Crippen LogP contribution in [-0.4, -0.2) is 25.7 Å². The summed E-state index contributed by atoms with van der Waals surface area (Å²) in [6.07, 6.45) is 2.46. The molecule has 5 heteroatoms. The number of rotatable bonds is 7. The van der Waals surface area contributed by atoms with E-state index in [4.69, 9.17) is 4.74 Å². The van der Waals surface area contributed by atoms with E-state index < -0.39 is 5.82 Å². The lowest BCUT2D eigenvalue weighted by Crippen LogP contribution is -2.27. The van der Waals surface area contributed by atoms with Crippen LogP contribution in [0.4, 0.5) is 8.78 Å². The maximum Gasteiger partial charge on any atom is 0.251 e. The van der Waals surface area contributed by atoms with E-state index in [2.05, 4.69) is 5.32 Å². The SMILES string of the molecule is Cc1cc(F)ccc1-c1ccc(C(=O)NCCOCC2CC2)cc1F. The minimum absolute atomic E-state index is 0.253. The van der Waals surface area contributed by atoms with Crippen molar-refractivity contribution in [2.75, 3.05) is 19.8 Å². The fraction of sp³-hybridized carbons (Fsp3) is 0.350. The van der Waals surface area contributed by atoms with Gasteiger partial charge in [-0.05, 0) is 61.1 Å². The molecule has 2 aromatic carbocycles. The van der Waals surface area contributed by atoms with Gasteiger partial charge in [-0.25, -0.2) is 8.78 Å². The molecule has 1 aliphatic carbocycles. The maximum atomic E-state index is 14.4. The van der Waals surface area contributed by atoms with Crippen molar-refractivity contribution >= 4 is 5.91 Å². The lowest BCUT2D eigenvalue weighted by atomic mass is 9.98. The molecule has 0 saturated heterocycles. The third-order valence-electron chi connectivity index (χ3n) is 4.29. The number of hydrogen-bond donors (Lipinski definition) is 1. The number of halogens is 2. The zero-order chi connectivity index (χ0) is 17.8. The van der Waals surface area contributed by atoms with Gasteiger partial charge in [-0.3, -0.25) is 4.79 Å². The summed E-state index contributed by atoms with van der Waals surface area (Å²) in [7, 11) is 0. The molecular formula is C20H21F2NO2.